The van der Waals surface area contributed by atoms with Crippen molar-refractivity contribution in [1.29, 1.82) is 0 Å². The number of hydrogen-bond acceptors (Lipinski definition) is 5. The topological polar surface area (TPSA) is 61.8 Å². The van der Waals surface area contributed by atoms with E-state index in [0.29, 0.717) is 17.5 Å². The van der Waals surface area contributed by atoms with Gasteiger partial charge in [-0.15, -0.1) is 0 Å². The number of benzene rings is 2. The van der Waals surface area contributed by atoms with Gasteiger partial charge in [0.05, 0.1) is 23.8 Å². The second-order valence-electron chi connectivity index (χ2n) is 10.9. The molecule has 2 aromatic carbocycles. The molecule has 34 heavy (non-hydrogen) atoms. The van der Waals surface area contributed by atoms with Crippen molar-refractivity contribution in [2.75, 3.05) is 20.3 Å². The summed E-state index contributed by atoms with van der Waals surface area (Å²) in [6.07, 6.45) is 0.0630. The van der Waals surface area contributed by atoms with E-state index in [1.807, 2.05) is 38.1 Å². The van der Waals surface area contributed by atoms with Gasteiger partial charge in [0, 0.05) is 13.5 Å². The van der Waals surface area contributed by atoms with Gasteiger partial charge in [0.1, 0.15) is 6.61 Å². The minimum Gasteiger partial charge on any atom is -0.462 e. The first-order valence-electron chi connectivity index (χ1n) is 11.8. The summed E-state index contributed by atoms with van der Waals surface area (Å²) in [5.41, 5.74) is 5.59. The summed E-state index contributed by atoms with van der Waals surface area (Å²) >= 11 is 0. The van der Waals surface area contributed by atoms with Gasteiger partial charge in [0.2, 0.25) is 0 Å². The number of aryl methyl sites for hydroxylation is 2. The summed E-state index contributed by atoms with van der Waals surface area (Å²) in [6.45, 7) is 17.1. The van der Waals surface area contributed by atoms with E-state index >= 15 is 0 Å². The fraction of sp³-hybridized carbons (Fsp3) is 0.517. The Morgan fingerprint density at radius 3 is 1.59 bits per heavy atom. The molecule has 0 aromatic heterocycles. The minimum atomic E-state index is -0.392. The molecular weight excluding hydrogens is 428 g/mol. The summed E-state index contributed by atoms with van der Waals surface area (Å²) in [5, 5.41) is 0. The van der Waals surface area contributed by atoms with Crippen LogP contribution < -0.4 is 0 Å². The molecule has 0 heterocycles. The van der Waals surface area contributed by atoms with Crippen molar-refractivity contribution in [3.05, 3.63) is 69.8 Å². The lowest BCUT2D eigenvalue weighted by Crippen LogP contribution is -2.23. The molecule has 0 amide bonds. The lowest BCUT2D eigenvalue weighted by molar-refractivity contribution is -0.00251. The molecule has 0 radical (unpaired) electrons. The molecule has 0 aliphatic rings. The fourth-order valence-corrected chi connectivity index (χ4v) is 4.15. The average Bonchev–Trinajstić information content (AvgIpc) is 2.73. The Balaban J connectivity index is 1.87. The Morgan fingerprint density at radius 1 is 0.765 bits per heavy atom. The molecule has 5 nitrogen and oxygen atoms in total. The van der Waals surface area contributed by atoms with Crippen LogP contribution in [0.2, 0.25) is 0 Å². The van der Waals surface area contributed by atoms with Crippen LogP contribution in [0.25, 0.3) is 0 Å². The van der Waals surface area contributed by atoms with Gasteiger partial charge in [-0.3, -0.25) is 0 Å². The van der Waals surface area contributed by atoms with Crippen molar-refractivity contribution in [2.45, 2.75) is 78.7 Å². The van der Waals surface area contributed by atoms with Crippen molar-refractivity contribution in [3.63, 3.8) is 0 Å². The molecule has 186 valence electrons. The van der Waals surface area contributed by atoms with E-state index in [2.05, 4.69) is 41.5 Å². The molecule has 0 saturated carbocycles. The zero-order valence-corrected chi connectivity index (χ0v) is 22.2. The number of methoxy groups -OCH3 is 1. The number of esters is 2. The Kier molecular flexibility index (Phi) is 9.07. The molecule has 0 aliphatic carbocycles. The maximum absolute atomic E-state index is 12.5. The van der Waals surface area contributed by atoms with Gasteiger partial charge in [0.15, 0.2) is 0 Å². The van der Waals surface area contributed by atoms with Gasteiger partial charge in [-0.25, -0.2) is 9.59 Å². The smallest absolute Gasteiger partial charge is 0.338 e. The van der Waals surface area contributed by atoms with Gasteiger partial charge in [0.25, 0.3) is 0 Å². The molecule has 2 aromatic rings. The largest absolute Gasteiger partial charge is 0.462 e. The molecular formula is C29H40O5. The van der Waals surface area contributed by atoms with E-state index in [0.717, 1.165) is 11.1 Å². The summed E-state index contributed by atoms with van der Waals surface area (Å²) in [4.78, 5) is 25.0. The molecule has 0 bridgehead atoms. The highest BCUT2D eigenvalue weighted by molar-refractivity contribution is 5.90. The van der Waals surface area contributed by atoms with E-state index < -0.39 is 5.97 Å². The van der Waals surface area contributed by atoms with Crippen molar-refractivity contribution >= 4 is 11.9 Å². The molecule has 2 rings (SSSR count). The number of carbonyl (C=O) groups is 2. The molecule has 0 spiro atoms. The van der Waals surface area contributed by atoms with Gasteiger partial charge < -0.3 is 14.2 Å². The Labute approximate surface area is 204 Å². The predicted octanol–water partition coefficient (Wildman–Crippen LogP) is 6.32. The molecule has 0 saturated heterocycles. The third-order valence-corrected chi connectivity index (χ3v) is 5.95. The van der Waals surface area contributed by atoms with Crippen LogP contribution in [-0.4, -0.2) is 38.4 Å². The van der Waals surface area contributed by atoms with Crippen LogP contribution in [0.1, 0.15) is 90.9 Å². The van der Waals surface area contributed by atoms with Crippen molar-refractivity contribution in [1.82, 2.24) is 0 Å². The van der Waals surface area contributed by atoms with E-state index in [4.69, 9.17) is 14.2 Å². The maximum atomic E-state index is 12.5. The van der Waals surface area contributed by atoms with Crippen LogP contribution >= 0.6 is 0 Å². The first kappa shape index (κ1) is 27.6. The molecule has 1 unspecified atom stereocenters. The highest BCUT2D eigenvalue weighted by atomic mass is 16.6. The quantitative estimate of drug-likeness (QED) is 0.424. The Morgan fingerprint density at radius 2 is 1.21 bits per heavy atom. The zero-order chi connectivity index (χ0) is 25.7. The van der Waals surface area contributed by atoms with Crippen LogP contribution in [0.4, 0.5) is 0 Å². The van der Waals surface area contributed by atoms with Gasteiger partial charge in [-0.05, 0) is 71.2 Å². The van der Waals surface area contributed by atoms with E-state index in [9.17, 15) is 9.59 Å². The molecule has 0 N–H and O–H groups in total. The van der Waals surface area contributed by atoms with Crippen LogP contribution in [0, 0.1) is 13.8 Å². The average molecular weight is 469 g/mol. The second-order valence-corrected chi connectivity index (χ2v) is 10.9. The van der Waals surface area contributed by atoms with Crippen molar-refractivity contribution < 1.29 is 23.8 Å². The highest BCUT2D eigenvalue weighted by Crippen LogP contribution is 2.27. The zero-order valence-electron chi connectivity index (χ0n) is 22.2. The summed E-state index contributed by atoms with van der Waals surface area (Å²) in [5.74, 6) is -0.762. The number of ether oxygens (including phenoxy) is 3. The highest BCUT2D eigenvalue weighted by Gasteiger charge is 2.20. The Bertz CT molecular complexity index is 1010. The van der Waals surface area contributed by atoms with Gasteiger partial charge >= 0.3 is 11.9 Å². The second kappa shape index (κ2) is 11.2. The van der Waals surface area contributed by atoms with E-state index in [1.54, 1.807) is 19.2 Å². The van der Waals surface area contributed by atoms with Crippen LogP contribution in [0.3, 0.4) is 0 Å². The molecule has 5 heteroatoms. The van der Waals surface area contributed by atoms with Gasteiger partial charge in [-0.2, -0.15) is 0 Å². The van der Waals surface area contributed by atoms with Crippen molar-refractivity contribution in [2.24, 2.45) is 0 Å². The van der Waals surface area contributed by atoms with Gasteiger partial charge in [-0.1, -0.05) is 53.7 Å². The summed E-state index contributed by atoms with van der Waals surface area (Å²) in [7, 11) is 1.55. The van der Waals surface area contributed by atoms with Crippen LogP contribution in [0.15, 0.2) is 36.4 Å². The molecule has 1 atom stereocenters. The molecule has 0 aliphatic heterocycles. The Hall–Kier alpha value is -2.66. The summed E-state index contributed by atoms with van der Waals surface area (Å²) in [6, 6.07) is 11.3. The van der Waals surface area contributed by atoms with Crippen LogP contribution in [0.5, 0.6) is 0 Å². The van der Waals surface area contributed by atoms with E-state index in [-0.39, 0.29) is 36.1 Å². The lowest BCUT2D eigenvalue weighted by atomic mass is 9.83. The summed E-state index contributed by atoms with van der Waals surface area (Å²) < 4.78 is 16.3. The lowest BCUT2D eigenvalue weighted by Gasteiger charge is -2.22. The monoisotopic (exact) mass is 468 g/mol. The van der Waals surface area contributed by atoms with Crippen LogP contribution in [-0.2, 0) is 25.0 Å². The maximum Gasteiger partial charge on any atom is 0.338 e. The first-order chi connectivity index (χ1) is 15.7. The number of rotatable bonds is 8. The third kappa shape index (κ3) is 7.42. The normalized spacial score (nSPS) is 12.9. The third-order valence-electron chi connectivity index (χ3n) is 5.95. The first-order valence-corrected chi connectivity index (χ1v) is 11.8. The predicted molar refractivity (Wildman–Crippen MR) is 136 cm³/mol. The number of hydrogen-bond donors (Lipinski definition) is 0. The number of carbonyl (C=O) groups excluding carboxylic acids is 2. The fourth-order valence-electron chi connectivity index (χ4n) is 4.15. The molecule has 0 fully saturated rings. The van der Waals surface area contributed by atoms with Crippen molar-refractivity contribution in [3.8, 4) is 0 Å². The van der Waals surface area contributed by atoms with E-state index in [1.165, 1.54) is 11.1 Å². The SMILES string of the molecule is COC(CCOC(=O)c1ccc(C(C)(C)C)c(C)c1)COC(=O)c1ccc(C(C)(C)C)c(C)c1. The minimum absolute atomic E-state index is 0.0123. The standard InChI is InChI=1S/C29H40O5/c1-19-16-21(10-12-24(19)28(3,4)5)26(30)33-15-14-23(32-9)18-34-27(31)22-11-13-25(20(2)17-22)29(6,7)8/h10-13,16-17,23H,14-15,18H2,1-9H3.